The van der Waals surface area contributed by atoms with Gasteiger partial charge in [0.1, 0.15) is 11.6 Å². The molecule has 0 aliphatic carbocycles. The molecule has 1 atom stereocenters. The van der Waals surface area contributed by atoms with Crippen LogP contribution in [0.15, 0.2) is 104 Å². The van der Waals surface area contributed by atoms with Crippen LogP contribution in [0.3, 0.4) is 0 Å². The third-order valence-electron chi connectivity index (χ3n) is 5.34. The van der Waals surface area contributed by atoms with Gasteiger partial charge >= 0.3 is 5.97 Å². The molecule has 0 amide bonds. The smallest absolute Gasteiger partial charge is 0.320 e. The molecule has 1 heterocycles. The molecule has 1 unspecified atom stereocenters. The number of nitrogens with zero attached hydrogens (tertiary/aromatic N) is 2. The Hall–Kier alpha value is -3.41. The highest BCUT2D eigenvalue weighted by Gasteiger charge is 2.38. The Bertz CT molecular complexity index is 1020. The molecule has 3 N–H and O–H groups in total. The van der Waals surface area contributed by atoms with Crippen molar-refractivity contribution in [3.8, 4) is 0 Å². The average molecular weight is 434 g/mol. The highest BCUT2D eigenvalue weighted by atomic mass is 35.5. The van der Waals surface area contributed by atoms with Gasteiger partial charge in [-0.25, -0.2) is 4.98 Å². The minimum absolute atomic E-state index is 0. The van der Waals surface area contributed by atoms with E-state index in [1.54, 1.807) is 6.33 Å². The molecule has 0 aliphatic rings. The van der Waals surface area contributed by atoms with Gasteiger partial charge in [-0.1, -0.05) is 91.0 Å². The van der Waals surface area contributed by atoms with E-state index < -0.39 is 17.6 Å². The van der Waals surface area contributed by atoms with Crippen LogP contribution >= 0.6 is 12.4 Å². The lowest BCUT2D eigenvalue weighted by Crippen LogP contribution is -2.37. The first-order chi connectivity index (χ1) is 14.6. The van der Waals surface area contributed by atoms with E-state index >= 15 is 0 Å². The largest absolute Gasteiger partial charge is 0.480 e. The van der Waals surface area contributed by atoms with Gasteiger partial charge in [0.2, 0.25) is 0 Å². The van der Waals surface area contributed by atoms with Crippen molar-refractivity contribution in [2.45, 2.75) is 18.0 Å². The molecule has 6 heteroatoms. The van der Waals surface area contributed by atoms with Crippen molar-refractivity contribution in [2.75, 3.05) is 0 Å². The standard InChI is InChI=1S/C25H23N3O2.ClH/c26-23(24(29)30)16-22-17-28(18-27-22)25(19-10-4-1-5-11-19,20-12-6-2-7-13-20)21-14-8-3-9-15-21;/h1-15,17-18,23H,16,26H2,(H,29,30);1H. The fraction of sp³-hybridized carbons (Fsp3) is 0.120. The highest BCUT2D eigenvalue weighted by molar-refractivity contribution is 5.85. The third-order valence-corrected chi connectivity index (χ3v) is 5.34. The number of imidazole rings is 1. The normalized spacial score (nSPS) is 12.0. The molecule has 5 nitrogen and oxygen atoms in total. The number of hydrogen-bond donors (Lipinski definition) is 2. The molecule has 0 radical (unpaired) electrons. The lowest BCUT2D eigenvalue weighted by molar-refractivity contribution is -0.138. The maximum atomic E-state index is 11.2. The molecule has 0 saturated carbocycles. The second-order valence-electron chi connectivity index (χ2n) is 7.23. The molecule has 0 spiro atoms. The van der Waals surface area contributed by atoms with Crippen molar-refractivity contribution in [3.63, 3.8) is 0 Å². The number of hydrogen-bond acceptors (Lipinski definition) is 3. The van der Waals surface area contributed by atoms with Crippen LogP contribution in [0.2, 0.25) is 0 Å². The molecule has 0 aliphatic heterocycles. The van der Waals surface area contributed by atoms with Crippen molar-refractivity contribution in [3.05, 3.63) is 126 Å². The van der Waals surface area contributed by atoms with E-state index in [4.69, 9.17) is 5.73 Å². The lowest BCUT2D eigenvalue weighted by Gasteiger charge is -2.37. The summed E-state index contributed by atoms with van der Waals surface area (Å²) in [6.45, 7) is 0. The van der Waals surface area contributed by atoms with Gasteiger partial charge < -0.3 is 15.4 Å². The molecule has 3 aromatic carbocycles. The number of halogens is 1. The third kappa shape index (κ3) is 4.24. The van der Waals surface area contributed by atoms with E-state index in [0.29, 0.717) is 5.69 Å². The van der Waals surface area contributed by atoms with Crippen LogP contribution in [0.4, 0.5) is 0 Å². The highest BCUT2D eigenvalue weighted by Crippen LogP contribution is 2.40. The predicted octanol–water partition coefficient (Wildman–Crippen LogP) is 4.10. The van der Waals surface area contributed by atoms with Gasteiger partial charge in [-0.15, -0.1) is 12.4 Å². The minimum Gasteiger partial charge on any atom is -0.480 e. The maximum Gasteiger partial charge on any atom is 0.320 e. The summed E-state index contributed by atoms with van der Waals surface area (Å²) >= 11 is 0. The van der Waals surface area contributed by atoms with E-state index in [2.05, 4.69) is 45.9 Å². The zero-order chi connectivity index (χ0) is 21.0. The first kappa shape index (κ1) is 22.3. The number of rotatable bonds is 7. The number of nitrogens with two attached hydrogens (primary N) is 1. The Labute approximate surface area is 187 Å². The Morgan fingerprint density at radius 1 is 0.871 bits per heavy atom. The number of carbonyl (C=O) groups is 1. The van der Waals surface area contributed by atoms with Gasteiger partial charge in [-0.3, -0.25) is 4.79 Å². The van der Waals surface area contributed by atoms with Crippen molar-refractivity contribution in [2.24, 2.45) is 5.73 Å². The summed E-state index contributed by atoms with van der Waals surface area (Å²) in [7, 11) is 0. The zero-order valence-electron chi connectivity index (χ0n) is 16.8. The van der Waals surface area contributed by atoms with Crippen LogP contribution < -0.4 is 5.73 Å². The Balaban J connectivity index is 0.00000272. The summed E-state index contributed by atoms with van der Waals surface area (Å²) in [5.41, 5.74) is 8.96. The van der Waals surface area contributed by atoms with Crippen LogP contribution in [0.1, 0.15) is 22.4 Å². The number of benzene rings is 3. The molecule has 4 aromatic rings. The summed E-state index contributed by atoms with van der Waals surface area (Å²) in [5.74, 6) is -1.04. The number of aliphatic carboxylic acids is 1. The summed E-state index contributed by atoms with van der Waals surface area (Å²) in [5, 5.41) is 9.18. The van der Waals surface area contributed by atoms with Gasteiger partial charge in [-0.05, 0) is 16.7 Å². The van der Waals surface area contributed by atoms with Crippen LogP contribution in [-0.4, -0.2) is 26.7 Å². The molecule has 31 heavy (non-hydrogen) atoms. The van der Waals surface area contributed by atoms with Crippen molar-refractivity contribution in [1.29, 1.82) is 0 Å². The summed E-state index contributed by atoms with van der Waals surface area (Å²) < 4.78 is 2.05. The van der Waals surface area contributed by atoms with Crippen LogP contribution in [-0.2, 0) is 16.8 Å². The summed E-state index contributed by atoms with van der Waals surface area (Å²) in [4.78, 5) is 15.7. The van der Waals surface area contributed by atoms with Crippen molar-refractivity contribution < 1.29 is 9.90 Å². The van der Waals surface area contributed by atoms with Gasteiger partial charge in [0.05, 0.1) is 12.0 Å². The number of carboxylic acid groups (broad SMARTS) is 1. The van der Waals surface area contributed by atoms with E-state index in [9.17, 15) is 9.90 Å². The molecule has 0 fully saturated rings. The van der Waals surface area contributed by atoms with E-state index in [-0.39, 0.29) is 18.8 Å². The fourth-order valence-electron chi connectivity index (χ4n) is 3.95. The number of carboxylic acids is 1. The molecule has 0 saturated heterocycles. The second kappa shape index (κ2) is 9.60. The lowest BCUT2D eigenvalue weighted by atomic mass is 9.77. The van der Waals surface area contributed by atoms with E-state index in [0.717, 1.165) is 16.7 Å². The maximum absolute atomic E-state index is 11.2. The average Bonchev–Trinajstić information content (AvgIpc) is 3.25. The molecular formula is C25H24ClN3O2. The predicted molar refractivity (Wildman–Crippen MR) is 123 cm³/mol. The van der Waals surface area contributed by atoms with Crippen molar-refractivity contribution in [1.82, 2.24) is 9.55 Å². The van der Waals surface area contributed by atoms with E-state index in [1.165, 1.54) is 0 Å². The van der Waals surface area contributed by atoms with Gasteiger partial charge in [0, 0.05) is 12.6 Å². The molecule has 4 rings (SSSR count). The molecule has 1 aromatic heterocycles. The SMILES string of the molecule is Cl.NC(Cc1cn(C(c2ccccc2)(c2ccccc2)c2ccccc2)cn1)C(=O)O. The first-order valence-corrected chi connectivity index (χ1v) is 9.80. The first-order valence-electron chi connectivity index (χ1n) is 9.80. The fourth-order valence-corrected chi connectivity index (χ4v) is 3.95. The van der Waals surface area contributed by atoms with E-state index in [1.807, 2.05) is 60.8 Å². The number of aromatic nitrogens is 2. The summed E-state index contributed by atoms with van der Waals surface area (Å²) in [6.07, 6.45) is 3.82. The summed E-state index contributed by atoms with van der Waals surface area (Å²) in [6, 6.07) is 29.7. The van der Waals surface area contributed by atoms with Crippen LogP contribution in [0.5, 0.6) is 0 Å². The van der Waals surface area contributed by atoms with Crippen LogP contribution in [0, 0.1) is 0 Å². The second-order valence-corrected chi connectivity index (χ2v) is 7.23. The zero-order valence-corrected chi connectivity index (χ0v) is 17.7. The molecular weight excluding hydrogens is 410 g/mol. The van der Waals surface area contributed by atoms with Gasteiger partial charge in [0.15, 0.2) is 0 Å². The quantitative estimate of drug-likeness (QED) is 0.430. The van der Waals surface area contributed by atoms with Crippen LogP contribution in [0.25, 0.3) is 0 Å². The van der Waals surface area contributed by atoms with Crippen molar-refractivity contribution >= 4 is 18.4 Å². The molecule has 0 bridgehead atoms. The Kier molecular flexibility index (Phi) is 6.90. The monoisotopic (exact) mass is 433 g/mol. The Morgan fingerprint density at radius 2 is 1.29 bits per heavy atom. The van der Waals surface area contributed by atoms with Gasteiger partial charge in [0.25, 0.3) is 0 Å². The topological polar surface area (TPSA) is 81.1 Å². The van der Waals surface area contributed by atoms with Gasteiger partial charge in [-0.2, -0.15) is 0 Å². The molecule has 158 valence electrons. The minimum atomic E-state index is -1.04. The Morgan fingerprint density at radius 3 is 1.68 bits per heavy atom.